The predicted octanol–water partition coefficient (Wildman–Crippen LogP) is 2.84. The van der Waals surface area contributed by atoms with Crippen molar-refractivity contribution in [3.8, 4) is 0 Å². The second kappa shape index (κ2) is 9.74. The lowest BCUT2D eigenvalue weighted by Gasteiger charge is -2.33. The summed E-state index contributed by atoms with van der Waals surface area (Å²) in [6.45, 7) is 16.2. The zero-order valence-electron chi connectivity index (χ0n) is 16.3. The van der Waals surface area contributed by atoms with Crippen LogP contribution in [0.2, 0.25) is 0 Å². The first-order valence-corrected chi connectivity index (χ1v) is 9.21. The van der Waals surface area contributed by atoms with Gasteiger partial charge in [-0.05, 0) is 52.4 Å². The van der Waals surface area contributed by atoms with E-state index in [0.29, 0.717) is 11.8 Å². The van der Waals surface area contributed by atoms with E-state index in [1.165, 1.54) is 0 Å². The number of ether oxygens (including phenoxy) is 1. The minimum Gasteiger partial charge on any atom is -0.444 e. The van der Waals surface area contributed by atoms with Gasteiger partial charge in [-0.2, -0.15) is 0 Å². The molecule has 0 saturated carbocycles. The number of nitrogens with one attached hydrogen (secondary N) is 2. The Hall–Kier alpha value is -1.46. The van der Waals surface area contributed by atoms with Crippen LogP contribution in [-0.2, 0) is 4.74 Å². The molecule has 0 aromatic heterocycles. The highest BCUT2D eigenvalue weighted by atomic mass is 16.6. The van der Waals surface area contributed by atoms with Gasteiger partial charge >= 0.3 is 6.09 Å². The molecule has 1 saturated heterocycles. The summed E-state index contributed by atoms with van der Waals surface area (Å²) in [4.78, 5) is 18.5. The Bertz CT molecular complexity index is 408. The fourth-order valence-corrected chi connectivity index (χ4v) is 2.50. The molecule has 6 heteroatoms. The Morgan fingerprint density at radius 3 is 2.38 bits per heavy atom. The summed E-state index contributed by atoms with van der Waals surface area (Å²) in [5.41, 5.74) is -0.427. The number of guanidine groups is 1. The topological polar surface area (TPSA) is 66.0 Å². The maximum Gasteiger partial charge on any atom is 0.410 e. The van der Waals surface area contributed by atoms with Crippen molar-refractivity contribution in [1.29, 1.82) is 0 Å². The SMILES string of the molecule is CCNC(=NCC(C)C)NCC1CCN(C(=O)OC(C)(C)C)CC1. The zero-order chi connectivity index (χ0) is 18.2. The monoisotopic (exact) mass is 340 g/mol. The molecule has 0 aromatic carbocycles. The van der Waals surface area contributed by atoms with Crippen molar-refractivity contribution in [2.24, 2.45) is 16.8 Å². The third kappa shape index (κ3) is 8.41. The Morgan fingerprint density at radius 1 is 1.25 bits per heavy atom. The molecule has 0 bridgehead atoms. The van der Waals surface area contributed by atoms with Crippen LogP contribution in [0.25, 0.3) is 0 Å². The van der Waals surface area contributed by atoms with Gasteiger partial charge in [0.15, 0.2) is 5.96 Å². The van der Waals surface area contributed by atoms with E-state index >= 15 is 0 Å². The minimum atomic E-state index is -0.427. The van der Waals surface area contributed by atoms with Crippen LogP contribution in [0.3, 0.4) is 0 Å². The first-order valence-electron chi connectivity index (χ1n) is 9.21. The van der Waals surface area contributed by atoms with Gasteiger partial charge in [0.05, 0.1) is 0 Å². The number of aliphatic imine (C=N–C) groups is 1. The normalized spacial score (nSPS) is 17.1. The first-order chi connectivity index (χ1) is 11.2. The molecule has 24 heavy (non-hydrogen) atoms. The fourth-order valence-electron chi connectivity index (χ4n) is 2.50. The van der Waals surface area contributed by atoms with Gasteiger partial charge in [0.1, 0.15) is 5.60 Å². The minimum absolute atomic E-state index is 0.194. The number of likely N-dealkylation sites (tertiary alicyclic amines) is 1. The molecule has 0 unspecified atom stereocenters. The van der Waals surface area contributed by atoms with Crippen LogP contribution in [0, 0.1) is 11.8 Å². The molecule has 6 nitrogen and oxygen atoms in total. The van der Waals surface area contributed by atoms with Gasteiger partial charge in [-0.15, -0.1) is 0 Å². The lowest BCUT2D eigenvalue weighted by Crippen LogP contribution is -2.45. The number of carbonyl (C=O) groups excluding carboxylic acids is 1. The highest BCUT2D eigenvalue weighted by molar-refractivity contribution is 5.79. The summed E-state index contributed by atoms with van der Waals surface area (Å²) in [6, 6.07) is 0. The van der Waals surface area contributed by atoms with Gasteiger partial charge in [0, 0.05) is 32.7 Å². The van der Waals surface area contributed by atoms with Crippen LogP contribution >= 0.6 is 0 Å². The van der Waals surface area contributed by atoms with E-state index in [0.717, 1.165) is 51.5 Å². The molecule has 0 aromatic rings. The van der Waals surface area contributed by atoms with Crippen LogP contribution in [0.15, 0.2) is 4.99 Å². The molecular weight excluding hydrogens is 304 g/mol. The molecule has 0 radical (unpaired) electrons. The quantitative estimate of drug-likeness (QED) is 0.596. The summed E-state index contributed by atoms with van der Waals surface area (Å²) in [6.07, 6.45) is 1.80. The van der Waals surface area contributed by atoms with E-state index in [9.17, 15) is 4.79 Å². The van der Waals surface area contributed by atoms with Crippen LogP contribution in [0.5, 0.6) is 0 Å². The average molecular weight is 341 g/mol. The highest BCUT2D eigenvalue weighted by Gasteiger charge is 2.26. The fraction of sp³-hybridized carbons (Fsp3) is 0.889. The van der Waals surface area contributed by atoms with Crippen molar-refractivity contribution in [3.05, 3.63) is 0 Å². The second-order valence-corrected chi connectivity index (χ2v) is 7.91. The smallest absolute Gasteiger partial charge is 0.410 e. The van der Waals surface area contributed by atoms with Crippen LogP contribution in [-0.4, -0.2) is 55.3 Å². The third-order valence-electron chi connectivity index (χ3n) is 3.78. The molecule has 0 atom stereocenters. The van der Waals surface area contributed by atoms with Crippen molar-refractivity contribution in [2.45, 2.75) is 60.0 Å². The lowest BCUT2D eigenvalue weighted by atomic mass is 9.97. The Balaban J connectivity index is 2.37. The van der Waals surface area contributed by atoms with Gasteiger partial charge in [0.25, 0.3) is 0 Å². The molecule has 1 heterocycles. The van der Waals surface area contributed by atoms with E-state index in [-0.39, 0.29) is 6.09 Å². The Morgan fingerprint density at radius 2 is 1.88 bits per heavy atom. The zero-order valence-corrected chi connectivity index (χ0v) is 16.3. The van der Waals surface area contributed by atoms with Crippen LogP contribution in [0.4, 0.5) is 4.79 Å². The number of piperidine rings is 1. The van der Waals surface area contributed by atoms with E-state index in [1.807, 2.05) is 25.7 Å². The summed E-state index contributed by atoms with van der Waals surface area (Å²) in [7, 11) is 0. The number of rotatable bonds is 5. The molecule has 0 spiro atoms. The average Bonchev–Trinajstić information content (AvgIpc) is 2.48. The number of carbonyl (C=O) groups is 1. The first kappa shape index (κ1) is 20.6. The second-order valence-electron chi connectivity index (χ2n) is 7.91. The summed E-state index contributed by atoms with van der Waals surface area (Å²) >= 11 is 0. The molecule has 0 aliphatic carbocycles. The number of hydrogen-bond donors (Lipinski definition) is 2. The molecule has 1 fully saturated rings. The molecule has 1 rings (SSSR count). The third-order valence-corrected chi connectivity index (χ3v) is 3.78. The Kier molecular flexibility index (Phi) is 8.36. The van der Waals surface area contributed by atoms with Gasteiger partial charge in [-0.25, -0.2) is 4.79 Å². The summed E-state index contributed by atoms with van der Waals surface area (Å²) in [5.74, 6) is 2.00. The van der Waals surface area contributed by atoms with Crippen molar-refractivity contribution in [3.63, 3.8) is 0 Å². The molecule has 2 N–H and O–H groups in total. The van der Waals surface area contributed by atoms with Gasteiger partial charge in [0.2, 0.25) is 0 Å². The van der Waals surface area contributed by atoms with Crippen molar-refractivity contribution in [1.82, 2.24) is 15.5 Å². The van der Waals surface area contributed by atoms with Gasteiger partial charge in [-0.3, -0.25) is 4.99 Å². The number of hydrogen-bond acceptors (Lipinski definition) is 3. The van der Waals surface area contributed by atoms with Gasteiger partial charge in [-0.1, -0.05) is 13.8 Å². The standard InChI is InChI=1S/C18H36N4O2/c1-7-19-16(20-12-14(2)3)21-13-15-8-10-22(11-9-15)17(23)24-18(4,5)6/h14-15H,7-13H2,1-6H3,(H2,19,20,21). The van der Waals surface area contributed by atoms with Crippen molar-refractivity contribution < 1.29 is 9.53 Å². The van der Waals surface area contributed by atoms with E-state index < -0.39 is 5.60 Å². The van der Waals surface area contributed by atoms with E-state index in [4.69, 9.17) is 4.74 Å². The van der Waals surface area contributed by atoms with E-state index in [2.05, 4.69) is 36.4 Å². The maximum absolute atomic E-state index is 12.1. The molecule has 140 valence electrons. The molecular formula is C18H36N4O2. The van der Waals surface area contributed by atoms with Crippen molar-refractivity contribution in [2.75, 3.05) is 32.7 Å². The van der Waals surface area contributed by atoms with Crippen molar-refractivity contribution >= 4 is 12.1 Å². The lowest BCUT2D eigenvalue weighted by molar-refractivity contribution is 0.0185. The summed E-state index contributed by atoms with van der Waals surface area (Å²) in [5, 5.41) is 6.72. The highest BCUT2D eigenvalue weighted by Crippen LogP contribution is 2.19. The molecule has 1 amide bonds. The molecule has 1 aliphatic heterocycles. The Labute approximate surface area is 147 Å². The summed E-state index contributed by atoms with van der Waals surface area (Å²) < 4.78 is 5.44. The number of amides is 1. The largest absolute Gasteiger partial charge is 0.444 e. The maximum atomic E-state index is 12.1. The number of nitrogens with zero attached hydrogens (tertiary/aromatic N) is 2. The van der Waals surface area contributed by atoms with Crippen LogP contribution in [0.1, 0.15) is 54.4 Å². The van der Waals surface area contributed by atoms with E-state index in [1.54, 1.807) is 0 Å². The van der Waals surface area contributed by atoms with Crippen LogP contribution < -0.4 is 10.6 Å². The molecule has 1 aliphatic rings. The van der Waals surface area contributed by atoms with Gasteiger partial charge < -0.3 is 20.3 Å². The predicted molar refractivity (Wildman–Crippen MR) is 99.4 cm³/mol.